The lowest BCUT2D eigenvalue weighted by molar-refractivity contribution is -0.0989. The van der Waals surface area contributed by atoms with Gasteiger partial charge >= 0.3 is 6.03 Å². The summed E-state index contributed by atoms with van der Waals surface area (Å²) in [4.78, 5) is 21.1. The average molecular weight is 746 g/mol. The Bertz CT molecular complexity index is 1790. The first-order valence-electron chi connectivity index (χ1n) is 16.2. The molecule has 0 spiro atoms. The van der Waals surface area contributed by atoms with E-state index in [-0.39, 0.29) is 28.6 Å². The quantitative estimate of drug-likeness (QED) is 0.0629. The van der Waals surface area contributed by atoms with Crippen molar-refractivity contribution in [2.24, 2.45) is 0 Å². The van der Waals surface area contributed by atoms with Gasteiger partial charge in [-0.15, -0.1) is 6.42 Å². The number of carbonyl (C=O) groups is 1. The molecule has 1 aliphatic heterocycles. The number of morpholine rings is 1. The number of anilines is 1. The Kier molecular flexibility index (Phi) is 15.4. The topological polar surface area (TPSA) is 159 Å². The highest BCUT2D eigenvalue weighted by Gasteiger charge is 2.30. The highest BCUT2D eigenvalue weighted by molar-refractivity contribution is 7.87. The smallest absolute Gasteiger partial charge is 0.346 e. The summed E-state index contributed by atoms with van der Waals surface area (Å²) >= 11 is 0. The maximum Gasteiger partial charge on any atom is 0.346 e. The highest BCUT2D eigenvalue weighted by atomic mass is 32.2. The fourth-order valence-corrected chi connectivity index (χ4v) is 6.42. The molecule has 1 aliphatic rings. The van der Waals surface area contributed by atoms with Crippen molar-refractivity contribution in [2.45, 2.75) is 29.9 Å². The van der Waals surface area contributed by atoms with E-state index < -0.39 is 39.2 Å². The number of benzene rings is 3. The number of ether oxygens (including phenoxy) is 3. The van der Waals surface area contributed by atoms with Crippen molar-refractivity contribution in [1.29, 1.82) is 0 Å². The zero-order chi connectivity index (χ0) is 36.7. The second kappa shape index (κ2) is 19.6. The van der Waals surface area contributed by atoms with Crippen molar-refractivity contribution < 1.29 is 49.0 Å². The van der Waals surface area contributed by atoms with Gasteiger partial charge in [0.25, 0.3) is 20.2 Å². The summed E-state index contributed by atoms with van der Waals surface area (Å²) < 4.78 is 79.7. The Labute approximate surface area is 299 Å². The molecule has 1 N–H and O–H groups in total. The molecule has 276 valence electrons. The van der Waals surface area contributed by atoms with Crippen LogP contribution in [0, 0.1) is 26.2 Å². The largest absolute Gasteiger partial charge is 0.379 e. The molecule has 1 saturated heterocycles. The van der Waals surface area contributed by atoms with Gasteiger partial charge in [-0.05, 0) is 62.4 Å². The first kappa shape index (κ1) is 39.9. The molecule has 0 aromatic heterocycles. The van der Waals surface area contributed by atoms with Crippen LogP contribution in [0.4, 0.5) is 10.5 Å². The number of carbonyl (C=O) groups excluding carboxylic acids is 1. The Hall–Kier alpha value is -3.89. The van der Waals surface area contributed by atoms with Crippen LogP contribution in [0.3, 0.4) is 0 Å². The highest BCUT2D eigenvalue weighted by Crippen LogP contribution is 2.22. The van der Waals surface area contributed by atoms with Gasteiger partial charge in [0.15, 0.2) is 0 Å². The van der Waals surface area contributed by atoms with Crippen LogP contribution in [0.2, 0.25) is 0 Å². The van der Waals surface area contributed by atoms with Gasteiger partial charge in [-0.25, -0.2) is 13.8 Å². The van der Waals surface area contributed by atoms with Crippen molar-refractivity contribution >= 4 is 32.0 Å². The molecule has 14 nitrogen and oxygen atoms in total. The molecule has 3 aromatic carbocycles. The number of nitrogens with zero attached hydrogens (tertiary/aromatic N) is 2. The number of hydroxylamine groups is 1. The first-order chi connectivity index (χ1) is 24.5. The predicted molar refractivity (Wildman–Crippen MR) is 188 cm³/mol. The number of terminal acetylenes is 1. The average Bonchev–Trinajstić information content (AvgIpc) is 3.12. The van der Waals surface area contributed by atoms with Crippen molar-refractivity contribution in [3.05, 3.63) is 89.5 Å². The second-order valence-corrected chi connectivity index (χ2v) is 14.5. The lowest BCUT2D eigenvalue weighted by atomic mass is 10.2. The van der Waals surface area contributed by atoms with Crippen LogP contribution < -0.4 is 10.4 Å². The van der Waals surface area contributed by atoms with Gasteiger partial charge in [-0.1, -0.05) is 41.3 Å². The number of aryl methyl sites for hydroxylation is 2. The van der Waals surface area contributed by atoms with Crippen molar-refractivity contribution in [3.8, 4) is 12.3 Å². The van der Waals surface area contributed by atoms with E-state index in [4.69, 9.17) is 33.8 Å². The predicted octanol–water partition coefficient (Wildman–Crippen LogP) is 3.23. The molecular weight excluding hydrogens is 703 g/mol. The minimum Gasteiger partial charge on any atom is -0.379 e. The first-order valence-corrected chi connectivity index (χ1v) is 19.0. The number of nitrogens with one attached hydrogen (secondary N) is 1. The van der Waals surface area contributed by atoms with Gasteiger partial charge in [0.05, 0.1) is 55.1 Å². The van der Waals surface area contributed by atoms with Crippen molar-refractivity contribution in [2.75, 3.05) is 77.5 Å². The minimum atomic E-state index is -4.54. The number of hydrogen-bond acceptors (Lipinski definition) is 12. The molecule has 0 saturated carbocycles. The van der Waals surface area contributed by atoms with Gasteiger partial charge in [-0.2, -0.15) is 21.9 Å². The number of hydrogen-bond donors (Lipinski definition) is 1. The fraction of sp³-hybridized carbons (Fsp3) is 0.400. The molecule has 4 rings (SSSR count). The van der Waals surface area contributed by atoms with E-state index in [0.717, 1.165) is 49.0 Å². The molecule has 0 aliphatic carbocycles. The summed E-state index contributed by atoms with van der Waals surface area (Å²) in [5.74, 6) is 2.47. The lowest BCUT2D eigenvalue weighted by Crippen LogP contribution is -2.45. The molecule has 51 heavy (non-hydrogen) atoms. The van der Waals surface area contributed by atoms with Crippen LogP contribution in [-0.2, 0) is 47.7 Å². The van der Waals surface area contributed by atoms with E-state index in [0.29, 0.717) is 25.4 Å². The molecular formula is C35H43N3O11S2. The Morgan fingerprint density at radius 3 is 2.00 bits per heavy atom. The zero-order valence-corrected chi connectivity index (χ0v) is 30.2. The fourth-order valence-electron chi connectivity index (χ4n) is 4.57. The molecule has 1 atom stereocenters. The third-order valence-electron chi connectivity index (χ3n) is 7.44. The maximum atomic E-state index is 13.5. The van der Waals surface area contributed by atoms with E-state index in [2.05, 4.69) is 16.1 Å². The summed E-state index contributed by atoms with van der Waals surface area (Å²) in [7, 11) is -8.94. The van der Waals surface area contributed by atoms with Crippen molar-refractivity contribution in [3.63, 3.8) is 0 Å². The monoisotopic (exact) mass is 745 g/mol. The van der Waals surface area contributed by atoms with E-state index >= 15 is 0 Å². The van der Waals surface area contributed by atoms with Gasteiger partial charge in [-0.3, -0.25) is 9.08 Å². The van der Waals surface area contributed by atoms with Crippen LogP contribution in [0.1, 0.15) is 16.7 Å². The number of urea groups is 1. The summed E-state index contributed by atoms with van der Waals surface area (Å²) in [5, 5.41) is 3.37. The van der Waals surface area contributed by atoms with Crippen LogP contribution in [0.15, 0.2) is 82.6 Å². The molecule has 16 heteroatoms. The maximum absolute atomic E-state index is 13.5. The van der Waals surface area contributed by atoms with Gasteiger partial charge < -0.3 is 19.5 Å². The van der Waals surface area contributed by atoms with Gasteiger partial charge in [0, 0.05) is 31.7 Å². The molecule has 1 heterocycles. The molecule has 3 aromatic rings. The molecule has 1 fully saturated rings. The van der Waals surface area contributed by atoms with E-state index in [9.17, 15) is 21.6 Å². The third-order valence-corrected chi connectivity index (χ3v) is 10.1. The molecule has 0 bridgehead atoms. The zero-order valence-electron chi connectivity index (χ0n) is 28.6. The summed E-state index contributed by atoms with van der Waals surface area (Å²) in [6.07, 6.45) is 3.53. The lowest BCUT2D eigenvalue weighted by Gasteiger charge is -2.27. The summed E-state index contributed by atoms with van der Waals surface area (Å²) in [6, 6.07) is 16.8. The Morgan fingerprint density at radius 1 is 0.843 bits per heavy atom. The minimum absolute atomic E-state index is 0.0421. The summed E-state index contributed by atoms with van der Waals surface area (Å²) in [5.41, 5.74) is 2.25. The van der Waals surface area contributed by atoms with E-state index in [1.807, 2.05) is 0 Å². The molecule has 1 unspecified atom stereocenters. The summed E-state index contributed by atoms with van der Waals surface area (Å²) in [6.45, 7) is 8.02. The Morgan fingerprint density at radius 2 is 1.41 bits per heavy atom. The van der Waals surface area contributed by atoms with Crippen molar-refractivity contribution in [1.82, 2.24) is 10.2 Å². The van der Waals surface area contributed by atoms with Gasteiger partial charge in [0.1, 0.15) is 6.61 Å². The SMILES string of the molecule is C#Cc1ccc(N(OC(COS(=O)(=O)c2ccc(C)cc2)OS(=O)(=O)c2ccc(C)cc2)C(=O)NCCOCCOCCN2CCOCC2)cc1. The van der Waals surface area contributed by atoms with Crippen LogP contribution in [0.5, 0.6) is 0 Å². The van der Waals surface area contributed by atoms with Gasteiger partial charge in [0.2, 0.25) is 6.29 Å². The van der Waals surface area contributed by atoms with Crippen LogP contribution in [-0.4, -0.2) is 106 Å². The molecule has 0 radical (unpaired) electrons. The normalized spacial score (nSPS) is 14.5. The van der Waals surface area contributed by atoms with Crippen LogP contribution in [0.25, 0.3) is 0 Å². The van der Waals surface area contributed by atoms with Crippen LogP contribution >= 0.6 is 0 Å². The standard InChI is InChI=1S/C35H43N3O11S2/c1-4-30-9-11-31(12-10-30)38(35(39)36-17-21-44-25-26-46-24-20-37-18-22-45-23-19-37)48-34(49-51(42,43)33-15-7-29(3)8-16-33)27-47-50(40,41)32-13-5-28(2)6-14-32/h1,5-16,34H,17-27H2,2-3H3,(H,36,39). The number of rotatable bonds is 19. The second-order valence-electron chi connectivity index (χ2n) is 11.3. The Balaban J connectivity index is 1.43. The number of amides is 2. The van der Waals surface area contributed by atoms with E-state index in [1.165, 1.54) is 36.4 Å². The molecule has 2 amide bonds. The third kappa shape index (κ3) is 13.0. The van der Waals surface area contributed by atoms with E-state index in [1.54, 1.807) is 50.2 Å².